The zero-order valence-corrected chi connectivity index (χ0v) is 14.2. The van der Waals surface area contributed by atoms with Gasteiger partial charge in [0.25, 0.3) is 0 Å². The third kappa shape index (κ3) is 4.91. The van der Waals surface area contributed by atoms with Gasteiger partial charge in [0.05, 0.1) is 18.4 Å². The van der Waals surface area contributed by atoms with Crippen molar-refractivity contribution < 1.29 is 24.2 Å². The fourth-order valence-corrected chi connectivity index (χ4v) is 2.02. The Balaban J connectivity index is 2.14. The molecule has 2 rings (SSSR count). The second-order valence-electron chi connectivity index (χ2n) is 5.42. The average molecular weight is 341 g/mol. The largest absolute Gasteiger partial charge is 0.479 e. The van der Waals surface area contributed by atoms with Crippen LogP contribution in [0.3, 0.4) is 0 Å². The van der Waals surface area contributed by atoms with E-state index in [-0.39, 0.29) is 0 Å². The Hall–Kier alpha value is -3.15. The number of nitrogens with zero attached hydrogens (tertiary/aromatic N) is 1. The van der Waals surface area contributed by atoms with E-state index in [0.717, 1.165) is 11.1 Å². The molecule has 130 valence electrons. The number of carboxylic acids is 1. The summed E-state index contributed by atoms with van der Waals surface area (Å²) in [4.78, 5) is 26.8. The number of aliphatic imine (C=N–C) groups is 1. The summed E-state index contributed by atoms with van der Waals surface area (Å²) in [5, 5.41) is 8.83. The van der Waals surface area contributed by atoms with E-state index in [1.807, 2.05) is 13.0 Å². The van der Waals surface area contributed by atoms with Crippen LogP contribution in [0.4, 0.5) is 5.69 Å². The van der Waals surface area contributed by atoms with Gasteiger partial charge in [-0.2, -0.15) is 0 Å². The standard InChI is InChI=1S/C19H19NO5/c1-12-4-7-15(19(23)24-3)10-17(12)20-11-14-5-8-16(9-6-14)25-13(2)18(21)22/h4-11,13H,1-3H3,(H,21,22)/t13-/m0/s1. The quantitative estimate of drug-likeness (QED) is 0.643. The van der Waals surface area contributed by atoms with Crippen LogP contribution in [0.25, 0.3) is 0 Å². The van der Waals surface area contributed by atoms with Crippen molar-refractivity contribution in [3.8, 4) is 5.75 Å². The van der Waals surface area contributed by atoms with Gasteiger partial charge in [0.1, 0.15) is 5.75 Å². The normalized spacial score (nSPS) is 12.0. The molecule has 0 aliphatic carbocycles. The van der Waals surface area contributed by atoms with E-state index in [4.69, 9.17) is 14.6 Å². The number of carboxylic acid groups (broad SMARTS) is 1. The number of benzene rings is 2. The van der Waals surface area contributed by atoms with Crippen LogP contribution in [0.5, 0.6) is 5.75 Å². The summed E-state index contributed by atoms with van der Waals surface area (Å²) in [5.74, 6) is -0.965. The van der Waals surface area contributed by atoms with Gasteiger partial charge in [0.2, 0.25) is 0 Å². The molecule has 6 heteroatoms. The molecule has 0 aliphatic rings. The zero-order chi connectivity index (χ0) is 18.4. The molecule has 1 N–H and O–H groups in total. The Morgan fingerprint density at radius 1 is 1.16 bits per heavy atom. The molecule has 0 saturated carbocycles. The van der Waals surface area contributed by atoms with E-state index in [9.17, 15) is 9.59 Å². The fraction of sp³-hybridized carbons (Fsp3) is 0.211. The number of aliphatic carboxylic acids is 1. The topological polar surface area (TPSA) is 85.2 Å². The summed E-state index contributed by atoms with van der Waals surface area (Å²) in [6, 6.07) is 12.1. The molecule has 0 aliphatic heterocycles. The second-order valence-corrected chi connectivity index (χ2v) is 5.42. The molecule has 0 bridgehead atoms. The minimum Gasteiger partial charge on any atom is -0.479 e. The van der Waals surface area contributed by atoms with Crippen LogP contribution in [0.15, 0.2) is 47.5 Å². The molecule has 2 aromatic rings. The van der Waals surface area contributed by atoms with Gasteiger partial charge in [-0.15, -0.1) is 0 Å². The number of carbonyl (C=O) groups is 2. The maximum atomic E-state index is 11.6. The van der Waals surface area contributed by atoms with Crippen molar-refractivity contribution in [2.24, 2.45) is 4.99 Å². The van der Waals surface area contributed by atoms with Crippen molar-refractivity contribution in [2.75, 3.05) is 7.11 Å². The van der Waals surface area contributed by atoms with Gasteiger partial charge in [-0.05, 0) is 61.4 Å². The lowest BCUT2D eigenvalue weighted by Gasteiger charge is -2.10. The van der Waals surface area contributed by atoms with Crippen molar-refractivity contribution in [1.29, 1.82) is 0 Å². The smallest absolute Gasteiger partial charge is 0.344 e. The monoisotopic (exact) mass is 341 g/mol. The summed E-state index contributed by atoms with van der Waals surface area (Å²) < 4.78 is 9.98. The van der Waals surface area contributed by atoms with Gasteiger partial charge in [0, 0.05) is 6.21 Å². The summed E-state index contributed by atoms with van der Waals surface area (Å²) in [7, 11) is 1.33. The predicted octanol–water partition coefficient (Wildman–Crippen LogP) is 3.38. The van der Waals surface area contributed by atoms with Gasteiger partial charge >= 0.3 is 11.9 Å². The highest BCUT2D eigenvalue weighted by atomic mass is 16.5. The Morgan fingerprint density at radius 2 is 1.84 bits per heavy atom. The minimum absolute atomic E-state index is 0.412. The maximum Gasteiger partial charge on any atom is 0.344 e. The van der Waals surface area contributed by atoms with Gasteiger partial charge in [-0.3, -0.25) is 4.99 Å². The number of ether oxygens (including phenoxy) is 2. The molecule has 0 unspecified atom stereocenters. The van der Waals surface area contributed by atoms with Crippen LogP contribution in [0.2, 0.25) is 0 Å². The summed E-state index contributed by atoms with van der Waals surface area (Å²) >= 11 is 0. The molecule has 6 nitrogen and oxygen atoms in total. The summed E-state index contributed by atoms with van der Waals surface area (Å²) in [6.07, 6.45) is 0.747. The lowest BCUT2D eigenvalue weighted by atomic mass is 10.1. The van der Waals surface area contributed by atoms with Crippen molar-refractivity contribution in [1.82, 2.24) is 0 Å². The van der Waals surface area contributed by atoms with E-state index >= 15 is 0 Å². The predicted molar refractivity (Wildman–Crippen MR) is 93.9 cm³/mol. The fourth-order valence-electron chi connectivity index (χ4n) is 2.02. The van der Waals surface area contributed by atoms with Crippen molar-refractivity contribution in [2.45, 2.75) is 20.0 Å². The Bertz CT molecular complexity index is 796. The Morgan fingerprint density at radius 3 is 2.44 bits per heavy atom. The maximum absolute atomic E-state index is 11.6. The highest BCUT2D eigenvalue weighted by Gasteiger charge is 2.12. The third-order valence-electron chi connectivity index (χ3n) is 3.52. The number of aryl methyl sites for hydroxylation is 1. The van der Waals surface area contributed by atoms with Gasteiger partial charge in [-0.1, -0.05) is 6.07 Å². The van der Waals surface area contributed by atoms with E-state index in [1.165, 1.54) is 14.0 Å². The number of methoxy groups -OCH3 is 1. The lowest BCUT2D eigenvalue weighted by Crippen LogP contribution is -2.22. The molecular weight excluding hydrogens is 322 g/mol. The highest BCUT2D eigenvalue weighted by molar-refractivity contribution is 5.91. The minimum atomic E-state index is -1.02. The van der Waals surface area contributed by atoms with Crippen LogP contribution in [0.1, 0.15) is 28.4 Å². The van der Waals surface area contributed by atoms with Crippen LogP contribution in [-0.2, 0) is 9.53 Å². The number of rotatable bonds is 6. The zero-order valence-electron chi connectivity index (χ0n) is 14.2. The van der Waals surface area contributed by atoms with E-state index in [0.29, 0.717) is 17.0 Å². The summed E-state index contributed by atoms with van der Waals surface area (Å²) in [6.45, 7) is 3.37. The average Bonchev–Trinajstić information content (AvgIpc) is 2.61. The highest BCUT2D eigenvalue weighted by Crippen LogP contribution is 2.21. The first-order chi connectivity index (χ1) is 11.9. The lowest BCUT2D eigenvalue weighted by molar-refractivity contribution is -0.144. The summed E-state index contributed by atoms with van der Waals surface area (Å²) in [5.41, 5.74) is 2.85. The Labute approximate surface area is 145 Å². The van der Waals surface area contributed by atoms with Crippen LogP contribution in [0, 0.1) is 6.92 Å². The third-order valence-corrected chi connectivity index (χ3v) is 3.52. The van der Waals surface area contributed by atoms with E-state index < -0.39 is 18.0 Å². The molecule has 25 heavy (non-hydrogen) atoms. The van der Waals surface area contributed by atoms with Crippen LogP contribution >= 0.6 is 0 Å². The van der Waals surface area contributed by atoms with Crippen LogP contribution < -0.4 is 4.74 Å². The molecule has 0 heterocycles. The molecule has 2 aromatic carbocycles. The number of carbonyl (C=O) groups excluding carboxylic acids is 1. The molecular formula is C19H19NO5. The van der Waals surface area contributed by atoms with Crippen molar-refractivity contribution in [3.63, 3.8) is 0 Å². The number of esters is 1. The van der Waals surface area contributed by atoms with E-state index in [2.05, 4.69) is 4.99 Å². The first-order valence-electron chi connectivity index (χ1n) is 7.63. The second kappa shape index (κ2) is 8.10. The number of hydrogen-bond acceptors (Lipinski definition) is 5. The molecule has 0 fully saturated rings. The Kier molecular flexibility index (Phi) is 5.89. The molecule has 0 amide bonds. The first kappa shape index (κ1) is 18.2. The van der Waals surface area contributed by atoms with Crippen LogP contribution in [-0.4, -0.2) is 36.5 Å². The van der Waals surface area contributed by atoms with Crippen molar-refractivity contribution in [3.05, 3.63) is 59.2 Å². The molecule has 0 radical (unpaired) electrons. The van der Waals surface area contributed by atoms with Gasteiger partial charge in [0.15, 0.2) is 6.10 Å². The van der Waals surface area contributed by atoms with Gasteiger partial charge < -0.3 is 14.6 Å². The first-order valence-corrected chi connectivity index (χ1v) is 7.63. The van der Waals surface area contributed by atoms with E-state index in [1.54, 1.807) is 42.6 Å². The molecule has 0 spiro atoms. The molecule has 1 atom stereocenters. The van der Waals surface area contributed by atoms with Crippen molar-refractivity contribution >= 4 is 23.8 Å². The van der Waals surface area contributed by atoms with Gasteiger partial charge in [-0.25, -0.2) is 9.59 Å². The molecule has 0 saturated heterocycles. The molecule has 0 aromatic heterocycles. The SMILES string of the molecule is COC(=O)c1ccc(C)c(N=Cc2ccc(O[C@@H](C)C(=O)O)cc2)c1. The number of hydrogen-bond donors (Lipinski definition) is 1.